The Hall–Kier alpha value is -4.42. The minimum Gasteiger partial charge on any atom is -0.486 e. The largest absolute Gasteiger partial charge is 0.486 e. The Bertz CT molecular complexity index is 2800. The summed E-state index contributed by atoms with van der Waals surface area (Å²) in [6.45, 7) is 3.52. The number of aromatic nitrogens is 3. The Morgan fingerprint density at radius 2 is 1.60 bits per heavy atom. The summed E-state index contributed by atoms with van der Waals surface area (Å²) in [5, 5.41) is 2.95. The molecular weight excluding hydrogens is 887 g/mol. The van der Waals surface area contributed by atoms with Crippen LogP contribution < -0.4 is 4.40 Å². The standard InChI is InChI=1S/C25H21N2O.C22H24GeN.Ir/c1-25(2,3)15-16-11-12-26-22(13-16)19-9-6-8-18-20-14-17-7-4-5-10-21(17)27-24(20)28-23(18)19;1-17-10-12-19(13-11-17)22-15-20(14-18-8-6-5-7-9-18)21(16-24-22)23(2,3)4;/h4-8,10-14H,15H2,1-3H3;5-12,15-16H,14H2,1-4H3;/q2*-1;/i15D2;1D3,14D2;. The minimum absolute atomic E-state index is 0. The van der Waals surface area contributed by atoms with Crippen molar-refractivity contribution in [1.82, 2.24) is 15.0 Å². The van der Waals surface area contributed by atoms with E-state index in [4.69, 9.17) is 14.0 Å². The summed E-state index contributed by atoms with van der Waals surface area (Å²) >= 11 is -2.42. The van der Waals surface area contributed by atoms with E-state index >= 15 is 0 Å². The number of pyridine rings is 3. The first-order chi connectivity index (χ1) is 27.7. The van der Waals surface area contributed by atoms with Crippen molar-refractivity contribution in [3.63, 3.8) is 0 Å². The van der Waals surface area contributed by atoms with Crippen LogP contribution in [0.4, 0.5) is 0 Å². The van der Waals surface area contributed by atoms with Crippen LogP contribution in [0.15, 0.2) is 126 Å². The molecule has 0 fully saturated rings. The van der Waals surface area contributed by atoms with Crippen LogP contribution in [-0.2, 0) is 32.9 Å². The smallest absolute Gasteiger partial charge is 0.216 e. The zero-order valence-electron chi connectivity index (χ0n) is 37.6. The van der Waals surface area contributed by atoms with Gasteiger partial charge in [-0.25, -0.2) is 4.98 Å². The van der Waals surface area contributed by atoms with Gasteiger partial charge in [0, 0.05) is 39.8 Å². The molecule has 8 rings (SSSR count). The van der Waals surface area contributed by atoms with Crippen LogP contribution in [0.1, 0.15) is 52.6 Å². The Morgan fingerprint density at radius 3 is 2.34 bits per heavy atom. The molecule has 0 unspecified atom stereocenters. The van der Waals surface area contributed by atoms with Crippen molar-refractivity contribution in [3.8, 4) is 22.5 Å². The fraction of sp³-hybridized carbons (Fsp3) is 0.213. The van der Waals surface area contributed by atoms with Crippen molar-refractivity contribution in [2.45, 2.75) is 57.6 Å². The van der Waals surface area contributed by atoms with Crippen LogP contribution >= 0.6 is 0 Å². The molecule has 0 N–H and O–H groups in total. The first kappa shape index (κ1) is 30.0. The van der Waals surface area contributed by atoms with Gasteiger partial charge in [-0.05, 0) is 35.7 Å². The van der Waals surface area contributed by atoms with Gasteiger partial charge in [-0.2, -0.15) is 0 Å². The Balaban J connectivity index is 0.000000198. The van der Waals surface area contributed by atoms with Gasteiger partial charge in [0.1, 0.15) is 0 Å². The molecular formula is C47H45GeIrN3O-2. The second-order valence-corrected chi connectivity index (χ2v) is 25.5. The van der Waals surface area contributed by atoms with Gasteiger partial charge in [0.2, 0.25) is 5.71 Å². The molecule has 8 aromatic rings. The predicted molar refractivity (Wildman–Crippen MR) is 220 cm³/mol. The SMILES string of the molecule is [2H]C([2H])([2H])c1c[c-]c(-c2cc(C([2H])([2H])c3ccccc3)[c]([Ge]([CH3])([CH3])[CH3])cn2)cc1.[2H]C([2H])(c1ccnc(-c2[c-]ccc3c2oc2nc4ccccc4cc23)c1)C(C)(C)C.[Ir]. The number of furan rings is 1. The normalized spacial score (nSPS) is 14.4. The van der Waals surface area contributed by atoms with E-state index < -0.39 is 38.3 Å². The van der Waals surface area contributed by atoms with Crippen molar-refractivity contribution in [2.75, 3.05) is 0 Å². The predicted octanol–water partition coefficient (Wildman–Crippen LogP) is 11.6. The number of fused-ring (bicyclic) bond motifs is 4. The topological polar surface area (TPSA) is 51.8 Å². The van der Waals surface area contributed by atoms with Gasteiger partial charge in [0.05, 0.1) is 11.1 Å². The molecule has 269 valence electrons. The molecule has 0 aliphatic rings. The van der Waals surface area contributed by atoms with Crippen molar-refractivity contribution in [2.24, 2.45) is 5.41 Å². The summed E-state index contributed by atoms with van der Waals surface area (Å²) in [4.78, 5) is 13.8. The molecule has 0 saturated carbocycles. The third kappa shape index (κ3) is 9.04. The van der Waals surface area contributed by atoms with Gasteiger partial charge >= 0.3 is 155 Å². The van der Waals surface area contributed by atoms with E-state index in [1.54, 1.807) is 54.9 Å². The Morgan fingerprint density at radius 1 is 0.811 bits per heavy atom. The van der Waals surface area contributed by atoms with Crippen molar-refractivity contribution in [3.05, 3.63) is 156 Å². The third-order valence-electron chi connectivity index (χ3n) is 8.52. The second-order valence-electron chi connectivity index (χ2n) is 14.9. The average molecular weight is 940 g/mol. The molecule has 6 heteroatoms. The van der Waals surface area contributed by atoms with Crippen LogP contribution in [0.3, 0.4) is 0 Å². The van der Waals surface area contributed by atoms with Crippen molar-refractivity contribution in [1.29, 1.82) is 0 Å². The summed E-state index contributed by atoms with van der Waals surface area (Å²) in [6.07, 6.45) is 0.282. The maximum absolute atomic E-state index is 8.89. The zero-order chi connectivity index (χ0) is 42.5. The van der Waals surface area contributed by atoms with Gasteiger partial charge < -0.3 is 9.40 Å². The summed E-state index contributed by atoms with van der Waals surface area (Å²) < 4.78 is 64.7. The fourth-order valence-corrected chi connectivity index (χ4v) is 9.03. The maximum atomic E-state index is 8.89. The molecule has 4 heterocycles. The van der Waals surface area contributed by atoms with Gasteiger partial charge in [-0.15, -0.1) is 18.2 Å². The quantitative estimate of drug-likeness (QED) is 0.123. The number of hydrogen-bond acceptors (Lipinski definition) is 4. The molecule has 53 heavy (non-hydrogen) atoms. The van der Waals surface area contributed by atoms with E-state index in [9.17, 15) is 0 Å². The van der Waals surface area contributed by atoms with Gasteiger partial charge in [-0.1, -0.05) is 61.5 Å². The van der Waals surface area contributed by atoms with Crippen LogP contribution in [0.2, 0.25) is 17.3 Å². The first-order valence-corrected chi connectivity index (χ1v) is 24.7. The molecule has 0 bridgehead atoms. The molecule has 0 atom stereocenters. The van der Waals surface area contributed by atoms with Crippen molar-refractivity contribution >= 4 is 50.6 Å². The van der Waals surface area contributed by atoms with E-state index in [0.717, 1.165) is 26.1 Å². The van der Waals surface area contributed by atoms with Gasteiger partial charge in [0.15, 0.2) is 0 Å². The summed E-state index contributed by atoms with van der Waals surface area (Å²) in [5.41, 5.74) is 6.20. The monoisotopic (exact) mass is 941 g/mol. The first-order valence-electron chi connectivity index (χ1n) is 20.8. The van der Waals surface area contributed by atoms with Crippen LogP contribution in [0.25, 0.3) is 55.5 Å². The van der Waals surface area contributed by atoms with E-state index in [0.29, 0.717) is 50.5 Å². The van der Waals surface area contributed by atoms with Crippen LogP contribution in [0, 0.1) is 24.4 Å². The van der Waals surface area contributed by atoms with E-state index in [1.807, 2.05) is 75.4 Å². The average Bonchev–Trinajstić information content (AvgIpc) is 3.57. The minimum atomic E-state index is -2.42. The van der Waals surface area contributed by atoms with E-state index in [-0.39, 0.29) is 25.7 Å². The van der Waals surface area contributed by atoms with E-state index in [1.165, 1.54) is 6.07 Å². The number of hydrogen-bond donors (Lipinski definition) is 0. The molecule has 0 aliphatic carbocycles. The number of rotatable bonds is 6. The summed E-state index contributed by atoms with van der Waals surface area (Å²) in [6, 6.07) is 39.3. The van der Waals surface area contributed by atoms with Gasteiger partial charge in [0.25, 0.3) is 0 Å². The molecule has 1 radical (unpaired) electrons. The third-order valence-corrected chi connectivity index (χ3v) is 12.7. The molecule has 4 aromatic carbocycles. The molecule has 4 aromatic heterocycles. The fourth-order valence-electron chi connectivity index (χ4n) is 6.10. The number of para-hydroxylation sites is 1. The number of nitrogens with zero attached hydrogens (tertiary/aromatic N) is 3. The molecule has 0 amide bonds. The molecule has 0 aliphatic heterocycles. The Labute approximate surface area is 339 Å². The van der Waals surface area contributed by atoms with Crippen molar-refractivity contribution < 1.29 is 34.1 Å². The van der Waals surface area contributed by atoms with Crippen LogP contribution in [0.5, 0.6) is 0 Å². The van der Waals surface area contributed by atoms with E-state index in [2.05, 4.69) is 50.4 Å². The molecule has 4 nitrogen and oxygen atoms in total. The van der Waals surface area contributed by atoms with Gasteiger partial charge in [-0.3, -0.25) is 0 Å². The number of aryl methyl sites for hydroxylation is 1. The molecule has 0 spiro atoms. The number of benzene rings is 4. The van der Waals surface area contributed by atoms with Crippen LogP contribution in [-0.4, -0.2) is 28.2 Å². The summed E-state index contributed by atoms with van der Waals surface area (Å²) in [5.74, 6) is 6.66. The molecule has 0 saturated heterocycles. The maximum Gasteiger partial charge on any atom is 0.216 e. The second kappa shape index (κ2) is 15.9. The summed E-state index contributed by atoms with van der Waals surface area (Å²) in [7, 11) is 0. The Kier molecular flexibility index (Phi) is 8.99. The zero-order valence-corrected chi connectivity index (χ0v) is 35.1.